The molecule has 0 saturated carbocycles. The minimum absolute atomic E-state index is 0.580. The lowest BCUT2D eigenvalue weighted by molar-refractivity contribution is 0.0851. The predicted molar refractivity (Wildman–Crippen MR) is 80.9 cm³/mol. The van der Waals surface area contributed by atoms with E-state index in [1.165, 1.54) is 0 Å². The van der Waals surface area contributed by atoms with Crippen molar-refractivity contribution in [2.75, 3.05) is 39.6 Å². The van der Waals surface area contributed by atoms with Crippen LogP contribution in [0.5, 0.6) is 0 Å². The van der Waals surface area contributed by atoms with Crippen molar-refractivity contribution >= 4 is 17.1 Å². The van der Waals surface area contributed by atoms with Gasteiger partial charge in [0.05, 0.1) is 26.4 Å². The van der Waals surface area contributed by atoms with E-state index >= 15 is 0 Å². The number of hydrogen-bond donors (Lipinski definition) is 0. The summed E-state index contributed by atoms with van der Waals surface area (Å²) in [5.41, 5.74) is 0. The molecule has 0 N–H and O–H groups in total. The van der Waals surface area contributed by atoms with Crippen LogP contribution in [0.2, 0.25) is 26.2 Å². The summed E-state index contributed by atoms with van der Waals surface area (Å²) in [7, 11) is -4.28. The van der Waals surface area contributed by atoms with Gasteiger partial charge < -0.3 is 22.4 Å². The molecule has 0 atom stereocenters. The summed E-state index contributed by atoms with van der Waals surface area (Å²) in [5.74, 6) is 0. The summed E-state index contributed by atoms with van der Waals surface area (Å²) in [6.45, 7) is 15.9. The fourth-order valence-electron chi connectivity index (χ4n) is 1.63. The van der Waals surface area contributed by atoms with E-state index in [1.807, 2.05) is 40.0 Å². The minimum atomic E-state index is -2.14. The molecule has 0 spiro atoms. The highest BCUT2D eigenvalue weighted by molar-refractivity contribution is 6.78. The maximum Gasteiger partial charge on any atom is 0.323 e. The van der Waals surface area contributed by atoms with Gasteiger partial charge in [0.1, 0.15) is 0 Å². The van der Waals surface area contributed by atoms with Crippen LogP contribution in [0, 0.1) is 0 Å². The molecule has 0 aliphatic heterocycles. The summed E-state index contributed by atoms with van der Waals surface area (Å²) in [5, 5.41) is 0. The molecule has 0 aromatic rings. The van der Waals surface area contributed by atoms with Gasteiger partial charge in [-0.15, -0.1) is 0 Å². The molecule has 0 heterocycles. The van der Waals surface area contributed by atoms with Crippen LogP contribution in [0.25, 0.3) is 0 Å². The fraction of sp³-hybridized carbons (Fsp3) is 1.00. The van der Waals surface area contributed by atoms with Crippen molar-refractivity contribution in [2.24, 2.45) is 0 Å². The van der Waals surface area contributed by atoms with E-state index in [2.05, 4.69) is 0 Å². The Hall–Kier alpha value is 0.234. The molecule has 116 valence electrons. The van der Waals surface area contributed by atoms with Crippen molar-refractivity contribution in [1.29, 1.82) is 0 Å². The molecule has 0 amide bonds. The van der Waals surface area contributed by atoms with E-state index < -0.39 is 17.1 Å². The Morgan fingerprint density at radius 3 is 1.32 bits per heavy atom. The number of rotatable bonds is 12. The van der Waals surface area contributed by atoms with Crippen LogP contribution in [-0.4, -0.2) is 56.8 Å². The lowest BCUT2D eigenvalue weighted by Crippen LogP contribution is -2.49. The van der Waals surface area contributed by atoms with Crippen molar-refractivity contribution in [2.45, 2.75) is 40.0 Å². The second kappa shape index (κ2) is 10.0. The van der Waals surface area contributed by atoms with E-state index in [4.69, 9.17) is 22.4 Å². The largest absolute Gasteiger partial charge is 0.415 e. The van der Waals surface area contributed by atoms with Gasteiger partial charge in [0.2, 0.25) is 0 Å². The van der Waals surface area contributed by atoms with Gasteiger partial charge in [-0.05, 0) is 40.0 Å². The fourth-order valence-corrected chi connectivity index (χ4v) is 7.99. The Labute approximate surface area is 120 Å². The SMILES string of the molecule is CCOCCO[Si](C)(C)O[Si](C)(C)OCCOCC. The van der Waals surface area contributed by atoms with Crippen LogP contribution < -0.4 is 0 Å². The van der Waals surface area contributed by atoms with E-state index in [1.54, 1.807) is 0 Å². The smallest absolute Gasteiger partial charge is 0.323 e. The zero-order valence-electron chi connectivity index (χ0n) is 13.3. The zero-order chi connectivity index (χ0) is 14.8. The van der Waals surface area contributed by atoms with Crippen molar-refractivity contribution in [1.82, 2.24) is 0 Å². The summed E-state index contributed by atoms with van der Waals surface area (Å²) >= 11 is 0. The van der Waals surface area contributed by atoms with Gasteiger partial charge in [0.25, 0.3) is 0 Å². The third kappa shape index (κ3) is 11.7. The lowest BCUT2D eigenvalue weighted by Gasteiger charge is -2.32. The van der Waals surface area contributed by atoms with Crippen molar-refractivity contribution in [3.05, 3.63) is 0 Å². The summed E-state index contributed by atoms with van der Waals surface area (Å²) in [4.78, 5) is 0. The first kappa shape index (κ1) is 19.2. The summed E-state index contributed by atoms with van der Waals surface area (Å²) in [6, 6.07) is 0. The van der Waals surface area contributed by atoms with E-state index in [0.29, 0.717) is 39.6 Å². The highest BCUT2D eigenvalue weighted by atomic mass is 28.5. The highest BCUT2D eigenvalue weighted by Gasteiger charge is 2.36. The average Bonchev–Trinajstić information content (AvgIpc) is 2.29. The molecular weight excluding hydrogens is 280 g/mol. The molecule has 19 heavy (non-hydrogen) atoms. The Morgan fingerprint density at radius 1 is 0.632 bits per heavy atom. The summed E-state index contributed by atoms with van der Waals surface area (Å²) in [6.07, 6.45) is 0. The molecule has 0 radical (unpaired) electrons. The monoisotopic (exact) mass is 310 g/mol. The topological polar surface area (TPSA) is 46.2 Å². The Kier molecular flexibility index (Phi) is 10.2. The standard InChI is InChI=1S/C12H30O5Si2/c1-7-13-9-11-15-18(3,4)17-19(5,6)16-12-10-14-8-2/h7-12H2,1-6H3. The zero-order valence-corrected chi connectivity index (χ0v) is 15.3. The van der Waals surface area contributed by atoms with Gasteiger partial charge >= 0.3 is 17.1 Å². The Balaban J connectivity index is 3.93. The molecule has 0 aliphatic carbocycles. The van der Waals surface area contributed by atoms with Crippen LogP contribution >= 0.6 is 0 Å². The highest BCUT2D eigenvalue weighted by Crippen LogP contribution is 2.16. The Bertz CT molecular complexity index is 202. The molecule has 0 saturated heterocycles. The molecular formula is C12H30O5Si2. The van der Waals surface area contributed by atoms with Gasteiger partial charge in [-0.1, -0.05) is 0 Å². The second-order valence-electron chi connectivity index (χ2n) is 4.99. The molecule has 5 nitrogen and oxygen atoms in total. The van der Waals surface area contributed by atoms with E-state index in [-0.39, 0.29) is 0 Å². The molecule has 0 rings (SSSR count). The maximum absolute atomic E-state index is 6.11. The van der Waals surface area contributed by atoms with Crippen molar-refractivity contribution in [3.8, 4) is 0 Å². The molecule has 0 fully saturated rings. The first-order valence-corrected chi connectivity index (χ1v) is 12.6. The molecule has 7 heteroatoms. The Morgan fingerprint density at radius 2 is 1.00 bits per heavy atom. The van der Waals surface area contributed by atoms with Crippen molar-refractivity contribution < 1.29 is 22.4 Å². The first-order valence-electron chi connectivity index (χ1n) is 6.96. The number of ether oxygens (including phenoxy) is 2. The van der Waals surface area contributed by atoms with Gasteiger partial charge in [-0.3, -0.25) is 0 Å². The van der Waals surface area contributed by atoms with E-state index in [9.17, 15) is 0 Å². The quantitative estimate of drug-likeness (QED) is 0.409. The number of hydrogen-bond acceptors (Lipinski definition) is 5. The lowest BCUT2D eigenvalue weighted by atomic mass is 10.8. The van der Waals surface area contributed by atoms with Crippen LogP contribution in [-0.2, 0) is 22.4 Å². The molecule has 0 aliphatic rings. The van der Waals surface area contributed by atoms with E-state index in [0.717, 1.165) is 0 Å². The van der Waals surface area contributed by atoms with Crippen LogP contribution in [0.4, 0.5) is 0 Å². The van der Waals surface area contributed by atoms with Gasteiger partial charge in [-0.25, -0.2) is 0 Å². The van der Waals surface area contributed by atoms with Crippen LogP contribution in [0.1, 0.15) is 13.8 Å². The van der Waals surface area contributed by atoms with Crippen LogP contribution in [0.3, 0.4) is 0 Å². The molecule has 0 unspecified atom stereocenters. The first-order chi connectivity index (χ1) is 8.83. The normalized spacial score (nSPS) is 12.9. The van der Waals surface area contributed by atoms with Crippen molar-refractivity contribution in [3.63, 3.8) is 0 Å². The predicted octanol–water partition coefficient (Wildman–Crippen LogP) is 2.51. The van der Waals surface area contributed by atoms with Crippen LogP contribution in [0.15, 0.2) is 0 Å². The third-order valence-electron chi connectivity index (χ3n) is 2.25. The second-order valence-corrected chi connectivity index (χ2v) is 12.0. The third-order valence-corrected chi connectivity index (χ3v) is 7.99. The molecule has 0 aromatic heterocycles. The average molecular weight is 311 g/mol. The molecule has 0 aromatic carbocycles. The molecule has 0 bridgehead atoms. The van der Waals surface area contributed by atoms with Gasteiger partial charge in [0.15, 0.2) is 0 Å². The van der Waals surface area contributed by atoms with Gasteiger partial charge in [0, 0.05) is 13.2 Å². The minimum Gasteiger partial charge on any atom is -0.415 e. The van der Waals surface area contributed by atoms with Gasteiger partial charge in [-0.2, -0.15) is 0 Å². The maximum atomic E-state index is 6.11. The summed E-state index contributed by atoms with van der Waals surface area (Å²) < 4.78 is 28.2.